The van der Waals surface area contributed by atoms with Crippen LogP contribution >= 0.6 is 0 Å². The lowest BCUT2D eigenvalue weighted by Gasteiger charge is -2.20. The molecule has 1 aliphatic heterocycles. The molecular formula is C24H27NO6. The lowest BCUT2D eigenvalue weighted by Crippen LogP contribution is -2.27. The number of amides is 1. The Morgan fingerprint density at radius 2 is 1.71 bits per heavy atom. The number of Topliss-reactive ketones (excluding diaryl/α,β-unsaturated/α-hetero) is 1. The number of esters is 1. The number of aryl methyl sites for hydroxylation is 3. The summed E-state index contributed by atoms with van der Waals surface area (Å²) >= 11 is 0. The molecule has 1 atom stereocenters. The minimum atomic E-state index is -0.645. The number of rotatable bonds is 7. The standard InChI is InChI=1S/C24H27NO6/c1-14-8-16(3)19(9-15(14)2)21(26)13-31-24(28)17-10-23(27)25(12-17)20-7-6-18(29-4)11-22(20)30-5/h6-9,11,17H,10,12-13H2,1-5H3/t17-/m0/s1. The van der Waals surface area contributed by atoms with Crippen LogP contribution in [0.4, 0.5) is 5.69 Å². The molecule has 0 aliphatic carbocycles. The first-order chi connectivity index (χ1) is 14.7. The van der Waals surface area contributed by atoms with E-state index >= 15 is 0 Å². The number of hydrogen-bond donors (Lipinski definition) is 0. The highest BCUT2D eigenvalue weighted by Crippen LogP contribution is 2.36. The van der Waals surface area contributed by atoms with Crippen LogP contribution in [0.5, 0.6) is 11.5 Å². The van der Waals surface area contributed by atoms with Crippen LogP contribution in [0.15, 0.2) is 30.3 Å². The van der Waals surface area contributed by atoms with Crippen molar-refractivity contribution in [3.05, 3.63) is 52.6 Å². The van der Waals surface area contributed by atoms with E-state index in [0.29, 0.717) is 22.7 Å². The lowest BCUT2D eigenvalue weighted by molar-refractivity contribution is -0.147. The van der Waals surface area contributed by atoms with Gasteiger partial charge in [-0.15, -0.1) is 0 Å². The topological polar surface area (TPSA) is 82.1 Å². The fraction of sp³-hybridized carbons (Fsp3) is 0.375. The fourth-order valence-corrected chi connectivity index (χ4v) is 3.70. The number of anilines is 1. The van der Waals surface area contributed by atoms with Crippen molar-refractivity contribution in [2.24, 2.45) is 5.92 Å². The van der Waals surface area contributed by atoms with E-state index < -0.39 is 11.9 Å². The van der Waals surface area contributed by atoms with E-state index in [1.54, 1.807) is 25.3 Å². The number of benzene rings is 2. The average molecular weight is 425 g/mol. The maximum absolute atomic E-state index is 12.6. The Labute approximate surface area is 181 Å². The number of ether oxygens (including phenoxy) is 3. The third kappa shape index (κ3) is 4.71. The van der Waals surface area contributed by atoms with Crippen molar-refractivity contribution in [3.8, 4) is 11.5 Å². The molecule has 31 heavy (non-hydrogen) atoms. The maximum atomic E-state index is 12.6. The summed E-state index contributed by atoms with van der Waals surface area (Å²) in [7, 11) is 3.05. The maximum Gasteiger partial charge on any atom is 0.311 e. The van der Waals surface area contributed by atoms with Crippen molar-refractivity contribution >= 4 is 23.3 Å². The lowest BCUT2D eigenvalue weighted by atomic mass is 9.98. The predicted octanol–water partition coefficient (Wildman–Crippen LogP) is 3.41. The van der Waals surface area contributed by atoms with E-state index in [4.69, 9.17) is 14.2 Å². The van der Waals surface area contributed by atoms with E-state index in [2.05, 4.69) is 0 Å². The van der Waals surface area contributed by atoms with E-state index in [9.17, 15) is 14.4 Å². The number of carbonyl (C=O) groups is 3. The Hall–Kier alpha value is -3.35. The fourth-order valence-electron chi connectivity index (χ4n) is 3.70. The van der Waals surface area contributed by atoms with Crippen LogP contribution in [-0.2, 0) is 14.3 Å². The highest BCUT2D eigenvalue weighted by atomic mass is 16.5. The third-order valence-electron chi connectivity index (χ3n) is 5.62. The first-order valence-corrected chi connectivity index (χ1v) is 10.0. The molecule has 1 heterocycles. The number of nitrogens with zero attached hydrogens (tertiary/aromatic N) is 1. The summed E-state index contributed by atoms with van der Waals surface area (Å²) in [5, 5.41) is 0. The van der Waals surface area contributed by atoms with Gasteiger partial charge in [0.25, 0.3) is 0 Å². The van der Waals surface area contributed by atoms with Gasteiger partial charge >= 0.3 is 5.97 Å². The molecule has 1 saturated heterocycles. The molecule has 0 radical (unpaired) electrons. The quantitative estimate of drug-likeness (QED) is 0.500. The van der Waals surface area contributed by atoms with Gasteiger partial charge in [0, 0.05) is 24.6 Å². The summed E-state index contributed by atoms with van der Waals surface area (Å²) in [5.41, 5.74) is 4.06. The van der Waals surface area contributed by atoms with Crippen LogP contribution in [0.3, 0.4) is 0 Å². The van der Waals surface area contributed by atoms with Gasteiger partial charge in [-0.2, -0.15) is 0 Å². The number of methoxy groups -OCH3 is 2. The second kappa shape index (κ2) is 9.20. The molecule has 2 aromatic rings. The smallest absolute Gasteiger partial charge is 0.311 e. The Morgan fingerprint density at radius 3 is 2.39 bits per heavy atom. The average Bonchev–Trinajstić information content (AvgIpc) is 3.15. The van der Waals surface area contributed by atoms with Crippen LogP contribution in [-0.4, -0.2) is 45.0 Å². The van der Waals surface area contributed by atoms with E-state index in [-0.39, 0.29) is 31.3 Å². The summed E-state index contributed by atoms with van der Waals surface area (Å²) in [6.45, 7) is 5.59. The minimum Gasteiger partial charge on any atom is -0.497 e. The number of hydrogen-bond acceptors (Lipinski definition) is 6. The zero-order chi connectivity index (χ0) is 22.7. The SMILES string of the molecule is COc1ccc(N2C[C@@H](C(=O)OCC(=O)c3cc(C)c(C)cc3C)CC2=O)c(OC)c1. The molecule has 0 unspecified atom stereocenters. The summed E-state index contributed by atoms with van der Waals surface area (Å²) in [6.07, 6.45) is 0.0187. The van der Waals surface area contributed by atoms with Crippen molar-refractivity contribution in [2.75, 3.05) is 32.3 Å². The van der Waals surface area contributed by atoms with Crippen molar-refractivity contribution in [3.63, 3.8) is 0 Å². The molecule has 164 valence electrons. The number of ketones is 1. The Bertz CT molecular complexity index is 1030. The van der Waals surface area contributed by atoms with Gasteiger partial charge in [0.15, 0.2) is 6.61 Å². The molecule has 7 nitrogen and oxygen atoms in total. The molecule has 0 aromatic heterocycles. The second-order valence-electron chi connectivity index (χ2n) is 7.73. The molecule has 0 spiro atoms. The minimum absolute atomic E-state index is 0.0187. The van der Waals surface area contributed by atoms with Gasteiger partial charge in [0.1, 0.15) is 11.5 Å². The van der Waals surface area contributed by atoms with Crippen molar-refractivity contribution < 1.29 is 28.6 Å². The van der Waals surface area contributed by atoms with E-state index in [0.717, 1.165) is 16.7 Å². The summed E-state index contributed by atoms with van der Waals surface area (Å²) in [4.78, 5) is 39.2. The van der Waals surface area contributed by atoms with Gasteiger partial charge < -0.3 is 19.1 Å². The summed E-state index contributed by atoms with van der Waals surface area (Å²) in [6, 6.07) is 8.88. The van der Waals surface area contributed by atoms with Crippen LogP contribution in [0, 0.1) is 26.7 Å². The number of carbonyl (C=O) groups excluding carboxylic acids is 3. The van der Waals surface area contributed by atoms with Gasteiger partial charge in [0.05, 0.1) is 25.8 Å². The Kier molecular flexibility index (Phi) is 6.63. The molecule has 1 aliphatic rings. The van der Waals surface area contributed by atoms with Gasteiger partial charge in [-0.3, -0.25) is 14.4 Å². The normalized spacial score (nSPS) is 15.7. The molecule has 1 amide bonds. The zero-order valence-corrected chi connectivity index (χ0v) is 18.5. The largest absolute Gasteiger partial charge is 0.497 e. The van der Waals surface area contributed by atoms with Crippen LogP contribution < -0.4 is 14.4 Å². The van der Waals surface area contributed by atoms with E-state index in [1.807, 2.05) is 32.9 Å². The first-order valence-electron chi connectivity index (χ1n) is 10.0. The van der Waals surface area contributed by atoms with Crippen LogP contribution in [0.2, 0.25) is 0 Å². The van der Waals surface area contributed by atoms with Gasteiger partial charge in [0.2, 0.25) is 11.7 Å². The van der Waals surface area contributed by atoms with Crippen molar-refractivity contribution in [2.45, 2.75) is 27.2 Å². The molecular weight excluding hydrogens is 398 g/mol. The van der Waals surface area contributed by atoms with Gasteiger partial charge in [-0.05, 0) is 55.7 Å². The third-order valence-corrected chi connectivity index (χ3v) is 5.62. The molecule has 3 rings (SSSR count). The second-order valence-corrected chi connectivity index (χ2v) is 7.73. The van der Waals surface area contributed by atoms with E-state index in [1.165, 1.54) is 12.0 Å². The zero-order valence-electron chi connectivity index (χ0n) is 18.5. The molecule has 0 bridgehead atoms. The summed E-state index contributed by atoms with van der Waals surface area (Å²) in [5.74, 6) is -0.592. The Balaban J connectivity index is 1.66. The predicted molar refractivity (Wildman–Crippen MR) is 116 cm³/mol. The first kappa shape index (κ1) is 22.3. The molecule has 0 N–H and O–H groups in total. The van der Waals surface area contributed by atoms with Crippen molar-refractivity contribution in [1.29, 1.82) is 0 Å². The summed E-state index contributed by atoms with van der Waals surface area (Å²) < 4.78 is 15.8. The van der Waals surface area contributed by atoms with Crippen LogP contribution in [0.25, 0.3) is 0 Å². The molecule has 0 saturated carbocycles. The molecule has 1 fully saturated rings. The van der Waals surface area contributed by atoms with Gasteiger partial charge in [-0.1, -0.05) is 6.07 Å². The van der Waals surface area contributed by atoms with Crippen LogP contribution in [0.1, 0.15) is 33.5 Å². The molecule has 2 aromatic carbocycles. The van der Waals surface area contributed by atoms with Crippen molar-refractivity contribution in [1.82, 2.24) is 0 Å². The highest BCUT2D eigenvalue weighted by molar-refractivity contribution is 6.02. The van der Waals surface area contributed by atoms with Gasteiger partial charge in [-0.25, -0.2) is 0 Å². The Morgan fingerprint density at radius 1 is 1.00 bits per heavy atom. The monoisotopic (exact) mass is 425 g/mol. The molecule has 7 heteroatoms. The highest BCUT2D eigenvalue weighted by Gasteiger charge is 2.37.